The molecule has 3 heteroatoms. The molecule has 1 heterocycles. The fraction of sp³-hybridized carbons (Fsp3) is 0.875. The number of cyclic esters (lactones) is 1. The van der Waals surface area contributed by atoms with Gasteiger partial charge in [-0.3, -0.25) is 0 Å². The van der Waals surface area contributed by atoms with Gasteiger partial charge in [0.1, 0.15) is 5.60 Å². The third-order valence-electron chi connectivity index (χ3n) is 2.10. The minimum atomic E-state index is -0.289. The van der Waals surface area contributed by atoms with E-state index >= 15 is 0 Å². The first kappa shape index (κ1) is 8.37. The number of rotatable bonds is 0. The SMILES string of the molecule is C[C@@H]1CC(C)(C)OC(=O)N1C. The highest BCUT2D eigenvalue weighted by Gasteiger charge is 2.35. The maximum atomic E-state index is 11.1. The molecule has 1 rings (SSSR count). The molecular weight excluding hydrogens is 142 g/mol. The molecule has 3 nitrogen and oxygen atoms in total. The Morgan fingerprint density at radius 3 is 2.64 bits per heavy atom. The van der Waals surface area contributed by atoms with E-state index in [-0.39, 0.29) is 17.7 Å². The van der Waals surface area contributed by atoms with Gasteiger partial charge in [0.05, 0.1) is 0 Å². The predicted molar refractivity (Wildman–Crippen MR) is 42.4 cm³/mol. The van der Waals surface area contributed by atoms with Crippen molar-refractivity contribution in [1.82, 2.24) is 4.90 Å². The largest absolute Gasteiger partial charge is 0.443 e. The zero-order chi connectivity index (χ0) is 8.65. The van der Waals surface area contributed by atoms with Crippen LogP contribution in [0.1, 0.15) is 27.2 Å². The summed E-state index contributed by atoms with van der Waals surface area (Å²) in [5.74, 6) is 0. The molecule has 0 bridgehead atoms. The van der Waals surface area contributed by atoms with E-state index in [1.165, 1.54) is 0 Å². The molecule has 64 valence electrons. The molecule has 0 N–H and O–H groups in total. The van der Waals surface area contributed by atoms with Crippen molar-refractivity contribution >= 4 is 6.09 Å². The molecule has 1 saturated heterocycles. The van der Waals surface area contributed by atoms with Crippen LogP contribution in [0.2, 0.25) is 0 Å². The number of carbonyl (C=O) groups excluding carboxylic acids is 1. The third kappa shape index (κ3) is 1.64. The van der Waals surface area contributed by atoms with E-state index in [1.54, 1.807) is 11.9 Å². The monoisotopic (exact) mass is 157 g/mol. The van der Waals surface area contributed by atoms with Gasteiger partial charge in [-0.25, -0.2) is 4.79 Å². The van der Waals surface area contributed by atoms with Crippen molar-refractivity contribution < 1.29 is 9.53 Å². The Labute approximate surface area is 67.3 Å². The van der Waals surface area contributed by atoms with Crippen molar-refractivity contribution in [3.8, 4) is 0 Å². The molecule has 1 fully saturated rings. The predicted octanol–water partition coefficient (Wildman–Crippen LogP) is 1.63. The van der Waals surface area contributed by atoms with Crippen LogP contribution in [0, 0.1) is 0 Å². The van der Waals surface area contributed by atoms with Gasteiger partial charge in [-0.15, -0.1) is 0 Å². The summed E-state index contributed by atoms with van der Waals surface area (Å²) in [7, 11) is 1.77. The molecule has 0 radical (unpaired) electrons. The van der Waals surface area contributed by atoms with Crippen molar-refractivity contribution in [3.05, 3.63) is 0 Å². The molecule has 1 amide bonds. The molecule has 0 aromatic rings. The van der Waals surface area contributed by atoms with Crippen molar-refractivity contribution in [2.24, 2.45) is 0 Å². The molecule has 0 spiro atoms. The molecule has 1 aliphatic heterocycles. The van der Waals surface area contributed by atoms with E-state index in [1.807, 2.05) is 20.8 Å². The van der Waals surface area contributed by atoms with Crippen LogP contribution in [0.4, 0.5) is 4.79 Å². The molecule has 1 aliphatic rings. The van der Waals surface area contributed by atoms with Gasteiger partial charge in [-0.2, -0.15) is 0 Å². The van der Waals surface area contributed by atoms with Gasteiger partial charge < -0.3 is 9.64 Å². The smallest absolute Gasteiger partial charge is 0.410 e. The van der Waals surface area contributed by atoms with E-state index in [4.69, 9.17) is 4.74 Å². The summed E-state index contributed by atoms with van der Waals surface area (Å²) in [6.45, 7) is 5.91. The van der Waals surface area contributed by atoms with Gasteiger partial charge >= 0.3 is 6.09 Å². The summed E-state index contributed by atoms with van der Waals surface area (Å²) in [5.41, 5.74) is -0.289. The maximum absolute atomic E-state index is 11.1. The van der Waals surface area contributed by atoms with Gasteiger partial charge in [0.2, 0.25) is 0 Å². The quantitative estimate of drug-likeness (QED) is 0.534. The summed E-state index contributed by atoms with van der Waals surface area (Å²) < 4.78 is 5.14. The number of nitrogens with zero attached hydrogens (tertiary/aromatic N) is 1. The van der Waals surface area contributed by atoms with Crippen LogP contribution >= 0.6 is 0 Å². The fourth-order valence-corrected chi connectivity index (χ4v) is 1.38. The van der Waals surface area contributed by atoms with Gasteiger partial charge in [0.15, 0.2) is 0 Å². The molecule has 0 aromatic heterocycles. The number of amides is 1. The van der Waals surface area contributed by atoms with Crippen LogP contribution in [0.25, 0.3) is 0 Å². The van der Waals surface area contributed by atoms with Crippen LogP contribution in [0.3, 0.4) is 0 Å². The lowest BCUT2D eigenvalue weighted by Crippen LogP contribution is -2.49. The molecule has 0 aromatic carbocycles. The van der Waals surface area contributed by atoms with Gasteiger partial charge in [-0.05, 0) is 20.8 Å². The zero-order valence-corrected chi connectivity index (χ0v) is 7.55. The molecule has 11 heavy (non-hydrogen) atoms. The van der Waals surface area contributed by atoms with E-state index in [0.717, 1.165) is 6.42 Å². The number of ether oxygens (including phenoxy) is 1. The highest BCUT2D eigenvalue weighted by Crippen LogP contribution is 2.25. The van der Waals surface area contributed by atoms with Crippen LogP contribution in [-0.4, -0.2) is 29.7 Å². The summed E-state index contributed by atoms with van der Waals surface area (Å²) in [6, 6.07) is 0.284. The van der Waals surface area contributed by atoms with E-state index in [0.29, 0.717) is 0 Å². The zero-order valence-electron chi connectivity index (χ0n) is 7.55. The normalized spacial score (nSPS) is 30.0. The number of hydrogen-bond donors (Lipinski definition) is 0. The van der Waals surface area contributed by atoms with Gasteiger partial charge in [0.25, 0.3) is 0 Å². The Bertz CT molecular complexity index is 177. The molecule has 0 unspecified atom stereocenters. The first-order chi connectivity index (χ1) is 4.92. The van der Waals surface area contributed by atoms with E-state index in [2.05, 4.69) is 0 Å². The lowest BCUT2D eigenvalue weighted by atomic mass is 9.98. The highest BCUT2D eigenvalue weighted by molar-refractivity contribution is 5.69. The minimum absolute atomic E-state index is 0.214. The van der Waals surface area contributed by atoms with Crippen LogP contribution in [-0.2, 0) is 4.74 Å². The van der Waals surface area contributed by atoms with Crippen molar-refractivity contribution in [1.29, 1.82) is 0 Å². The van der Waals surface area contributed by atoms with Crippen molar-refractivity contribution in [3.63, 3.8) is 0 Å². The molecule has 0 aliphatic carbocycles. The lowest BCUT2D eigenvalue weighted by molar-refractivity contribution is -0.0379. The Hall–Kier alpha value is -0.730. The molecule has 0 saturated carbocycles. The average Bonchev–Trinajstić information content (AvgIpc) is 1.81. The van der Waals surface area contributed by atoms with E-state index in [9.17, 15) is 4.79 Å². The minimum Gasteiger partial charge on any atom is -0.443 e. The first-order valence-corrected chi connectivity index (χ1v) is 3.88. The average molecular weight is 157 g/mol. The first-order valence-electron chi connectivity index (χ1n) is 3.88. The summed E-state index contributed by atoms with van der Waals surface area (Å²) in [6.07, 6.45) is 0.684. The van der Waals surface area contributed by atoms with Crippen LogP contribution in [0.5, 0.6) is 0 Å². The Morgan fingerprint density at radius 2 is 2.18 bits per heavy atom. The van der Waals surface area contributed by atoms with Crippen LogP contribution in [0.15, 0.2) is 0 Å². The summed E-state index contributed by atoms with van der Waals surface area (Å²) in [4.78, 5) is 12.8. The molecule has 1 atom stereocenters. The van der Waals surface area contributed by atoms with Gasteiger partial charge in [0, 0.05) is 19.5 Å². The third-order valence-corrected chi connectivity index (χ3v) is 2.10. The summed E-state index contributed by atoms with van der Waals surface area (Å²) >= 11 is 0. The summed E-state index contributed by atoms with van der Waals surface area (Å²) in [5, 5.41) is 0. The maximum Gasteiger partial charge on any atom is 0.410 e. The van der Waals surface area contributed by atoms with E-state index < -0.39 is 0 Å². The second-order valence-electron chi connectivity index (χ2n) is 3.79. The standard InChI is InChI=1S/C8H15NO2/c1-6-5-8(2,3)11-7(10)9(6)4/h6H,5H2,1-4H3/t6-/m1/s1. The van der Waals surface area contributed by atoms with Crippen molar-refractivity contribution in [2.45, 2.75) is 38.8 Å². The van der Waals surface area contributed by atoms with Crippen LogP contribution < -0.4 is 0 Å². The highest BCUT2D eigenvalue weighted by atomic mass is 16.6. The number of carbonyl (C=O) groups is 1. The molecular formula is C8H15NO2. The Kier molecular flexibility index (Phi) is 1.82. The Balaban J connectivity index is 2.70. The topological polar surface area (TPSA) is 29.5 Å². The second-order valence-corrected chi connectivity index (χ2v) is 3.79. The Morgan fingerprint density at radius 1 is 1.64 bits per heavy atom. The van der Waals surface area contributed by atoms with Gasteiger partial charge in [-0.1, -0.05) is 0 Å². The fourth-order valence-electron chi connectivity index (χ4n) is 1.38. The second kappa shape index (κ2) is 2.40. The lowest BCUT2D eigenvalue weighted by Gasteiger charge is -2.39. The van der Waals surface area contributed by atoms with Crippen molar-refractivity contribution in [2.75, 3.05) is 7.05 Å². The number of hydrogen-bond acceptors (Lipinski definition) is 2.